The molecule has 28 heavy (non-hydrogen) atoms. The number of urea groups is 1. The summed E-state index contributed by atoms with van der Waals surface area (Å²) in [6.07, 6.45) is 5.94. The summed E-state index contributed by atoms with van der Waals surface area (Å²) in [5, 5.41) is 4.90. The number of nitrogens with zero attached hydrogens (tertiary/aromatic N) is 1. The maximum absolute atomic E-state index is 12.8. The number of amides is 3. The van der Waals surface area contributed by atoms with E-state index in [1.807, 2.05) is 36.3 Å². The van der Waals surface area contributed by atoms with Crippen molar-refractivity contribution in [1.29, 1.82) is 0 Å². The van der Waals surface area contributed by atoms with Crippen LogP contribution >= 0.6 is 11.3 Å². The Labute approximate surface area is 169 Å². The molecule has 2 aromatic rings. The Bertz CT molecular complexity index is 862. The molecule has 1 aromatic heterocycles. The van der Waals surface area contributed by atoms with Crippen LogP contribution in [0.5, 0.6) is 5.75 Å². The average Bonchev–Trinajstić information content (AvgIpc) is 3.32. The first-order valence-corrected chi connectivity index (χ1v) is 10.2. The van der Waals surface area contributed by atoms with Gasteiger partial charge < -0.3 is 20.7 Å². The highest BCUT2D eigenvalue weighted by Crippen LogP contribution is 2.26. The third kappa shape index (κ3) is 4.92. The van der Waals surface area contributed by atoms with E-state index in [1.165, 1.54) is 4.88 Å². The topological polar surface area (TPSA) is 84.7 Å². The lowest BCUT2D eigenvalue weighted by molar-refractivity contribution is 0.0994. The Morgan fingerprint density at radius 3 is 2.86 bits per heavy atom. The summed E-state index contributed by atoms with van der Waals surface area (Å²) < 4.78 is 5.62. The van der Waals surface area contributed by atoms with E-state index in [4.69, 9.17) is 10.5 Å². The SMILES string of the molecule is CC(C)Oc1ccc(NC(=O)N2CCCC2/C=C/c2cccs2)cc1C(N)=O. The summed E-state index contributed by atoms with van der Waals surface area (Å²) in [7, 11) is 0. The van der Waals surface area contributed by atoms with Gasteiger partial charge in [0.15, 0.2) is 0 Å². The number of rotatable bonds is 6. The Kier molecular flexibility index (Phi) is 6.36. The van der Waals surface area contributed by atoms with Gasteiger partial charge in [0.1, 0.15) is 5.75 Å². The number of hydrogen-bond acceptors (Lipinski definition) is 4. The van der Waals surface area contributed by atoms with E-state index in [2.05, 4.69) is 17.5 Å². The van der Waals surface area contributed by atoms with Crippen LogP contribution in [0, 0.1) is 0 Å². The van der Waals surface area contributed by atoms with Crippen LogP contribution in [-0.2, 0) is 0 Å². The van der Waals surface area contributed by atoms with Gasteiger partial charge in [0.2, 0.25) is 0 Å². The van der Waals surface area contributed by atoms with Crippen LogP contribution in [0.25, 0.3) is 6.08 Å². The molecule has 0 saturated carbocycles. The van der Waals surface area contributed by atoms with Gasteiger partial charge in [-0.2, -0.15) is 0 Å². The number of hydrogen-bond donors (Lipinski definition) is 2. The molecule has 3 N–H and O–H groups in total. The molecule has 1 aliphatic rings. The minimum Gasteiger partial charge on any atom is -0.490 e. The highest BCUT2D eigenvalue weighted by molar-refractivity contribution is 7.10. The molecule has 3 amide bonds. The summed E-state index contributed by atoms with van der Waals surface area (Å²) in [6.45, 7) is 4.44. The van der Waals surface area contributed by atoms with E-state index in [9.17, 15) is 9.59 Å². The predicted molar refractivity (Wildman–Crippen MR) is 113 cm³/mol. The van der Waals surface area contributed by atoms with Gasteiger partial charge in [-0.15, -0.1) is 11.3 Å². The van der Waals surface area contributed by atoms with Crippen LogP contribution in [0.1, 0.15) is 41.9 Å². The molecule has 1 fully saturated rings. The number of ether oxygens (including phenoxy) is 1. The molecule has 0 aliphatic carbocycles. The van der Waals surface area contributed by atoms with E-state index in [1.54, 1.807) is 29.5 Å². The Hall–Kier alpha value is -2.80. The minimum atomic E-state index is -0.593. The van der Waals surface area contributed by atoms with Crippen molar-refractivity contribution < 1.29 is 14.3 Å². The van der Waals surface area contributed by atoms with Crippen LogP contribution in [0.4, 0.5) is 10.5 Å². The van der Waals surface area contributed by atoms with Crippen molar-refractivity contribution in [2.24, 2.45) is 5.73 Å². The fourth-order valence-electron chi connectivity index (χ4n) is 3.19. The lowest BCUT2D eigenvalue weighted by atomic mass is 10.1. The Balaban J connectivity index is 1.71. The van der Waals surface area contributed by atoms with Crippen molar-refractivity contribution >= 4 is 35.0 Å². The van der Waals surface area contributed by atoms with Crippen molar-refractivity contribution in [2.45, 2.75) is 38.8 Å². The van der Waals surface area contributed by atoms with Crippen LogP contribution < -0.4 is 15.8 Å². The van der Waals surface area contributed by atoms with E-state index in [-0.39, 0.29) is 23.7 Å². The zero-order valence-electron chi connectivity index (χ0n) is 16.1. The Morgan fingerprint density at radius 1 is 1.36 bits per heavy atom. The van der Waals surface area contributed by atoms with E-state index in [0.29, 0.717) is 18.0 Å². The smallest absolute Gasteiger partial charge is 0.322 e. The molecule has 0 bridgehead atoms. The second-order valence-corrected chi connectivity index (χ2v) is 7.93. The molecule has 148 valence electrons. The maximum atomic E-state index is 12.8. The molecule has 1 aliphatic heterocycles. The summed E-state index contributed by atoms with van der Waals surface area (Å²) in [5.74, 6) is -0.178. The van der Waals surface area contributed by atoms with Gasteiger partial charge in [0.25, 0.3) is 5.91 Å². The number of likely N-dealkylation sites (tertiary alicyclic amines) is 1. The van der Waals surface area contributed by atoms with Crippen LogP contribution in [0.3, 0.4) is 0 Å². The second-order valence-electron chi connectivity index (χ2n) is 6.95. The molecule has 2 heterocycles. The number of carbonyl (C=O) groups excluding carboxylic acids is 2. The quantitative estimate of drug-likeness (QED) is 0.758. The fraction of sp³-hybridized carbons (Fsp3) is 0.333. The molecule has 1 unspecified atom stereocenters. The van der Waals surface area contributed by atoms with Crippen molar-refractivity contribution in [3.05, 3.63) is 52.2 Å². The molecular formula is C21H25N3O3S. The third-order valence-corrected chi connectivity index (χ3v) is 5.28. The molecule has 6 nitrogen and oxygen atoms in total. The zero-order valence-corrected chi connectivity index (χ0v) is 16.9. The first-order valence-electron chi connectivity index (χ1n) is 9.34. The van der Waals surface area contributed by atoms with Gasteiger partial charge in [-0.3, -0.25) is 4.79 Å². The first-order chi connectivity index (χ1) is 13.4. The molecule has 7 heteroatoms. The van der Waals surface area contributed by atoms with Crippen LogP contribution in [-0.4, -0.2) is 35.5 Å². The maximum Gasteiger partial charge on any atom is 0.322 e. The van der Waals surface area contributed by atoms with E-state index < -0.39 is 5.91 Å². The molecule has 3 rings (SSSR count). The molecule has 1 atom stereocenters. The van der Waals surface area contributed by atoms with Gasteiger partial charge in [-0.1, -0.05) is 12.1 Å². The van der Waals surface area contributed by atoms with Gasteiger partial charge in [-0.05, 0) is 62.4 Å². The molecule has 0 radical (unpaired) electrons. The third-order valence-electron chi connectivity index (χ3n) is 4.44. The standard InChI is InChI=1S/C21H25N3O3S/c1-14(2)27-19-10-7-15(13-18(19)20(22)25)23-21(26)24-11-3-5-16(24)8-9-17-6-4-12-28-17/h4,6-10,12-14,16H,3,5,11H2,1-2H3,(H2,22,25)(H,23,26)/b9-8+. The van der Waals surface area contributed by atoms with Crippen molar-refractivity contribution in [3.63, 3.8) is 0 Å². The van der Waals surface area contributed by atoms with E-state index >= 15 is 0 Å². The van der Waals surface area contributed by atoms with Crippen molar-refractivity contribution in [2.75, 3.05) is 11.9 Å². The number of benzene rings is 1. The lowest BCUT2D eigenvalue weighted by Gasteiger charge is -2.23. The lowest BCUT2D eigenvalue weighted by Crippen LogP contribution is -2.37. The zero-order chi connectivity index (χ0) is 20.1. The molecule has 0 spiro atoms. The van der Waals surface area contributed by atoms with E-state index in [0.717, 1.165) is 12.8 Å². The number of nitrogens with two attached hydrogens (primary N) is 1. The first kappa shape index (κ1) is 19.9. The molecular weight excluding hydrogens is 374 g/mol. The number of anilines is 1. The van der Waals surface area contributed by atoms with Crippen LogP contribution in [0.2, 0.25) is 0 Å². The minimum absolute atomic E-state index is 0.0567. The Morgan fingerprint density at radius 2 is 2.18 bits per heavy atom. The van der Waals surface area contributed by atoms with Crippen molar-refractivity contribution in [1.82, 2.24) is 4.90 Å². The van der Waals surface area contributed by atoms with Gasteiger partial charge in [-0.25, -0.2) is 4.79 Å². The summed E-state index contributed by atoms with van der Waals surface area (Å²) in [5.41, 5.74) is 6.24. The van der Waals surface area contributed by atoms with Gasteiger partial charge >= 0.3 is 6.03 Å². The second kappa shape index (κ2) is 8.93. The average molecular weight is 400 g/mol. The number of thiophene rings is 1. The number of nitrogens with one attached hydrogen (secondary N) is 1. The number of primary amides is 1. The molecule has 1 aromatic carbocycles. The highest BCUT2D eigenvalue weighted by atomic mass is 32.1. The highest BCUT2D eigenvalue weighted by Gasteiger charge is 2.27. The summed E-state index contributed by atoms with van der Waals surface area (Å²) >= 11 is 1.67. The monoisotopic (exact) mass is 399 g/mol. The summed E-state index contributed by atoms with van der Waals surface area (Å²) in [4.78, 5) is 27.5. The van der Waals surface area contributed by atoms with Gasteiger partial charge in [0, 0.05) is 17.1 Å². The molecule has 1 saturated heterocycles. The largest absolute Gasteiger partial charge is 0.490 e. The normalized spacial score (nSPS) is 16.7. The van der Waals surface area contributed by atoms with Crippen molar-refractivity contribution in [3.8, 4) is 5.75 Å². The predicted octanol–water partition coefficient (Wildman–Crippen LogP) is 4.34. The number of carbonyl (C=O) groups is 2. The summed E-state index contributed by atoms with van der Waals surface area (Å²) in [6, 6.07) is 8.86. The fourth-order valence-corrected chi connectivity index (χ4v) is 3.82. The van der Waals surface area contributed by atoms with Crippen LogP contribution in [0.15, 0.2) is 41.8 Å². The van der Waals surface area contributed by atoms with Gasteiger partial charge in [0.05, 0.1) is 17.7 Å².